The van der Waals surface area contributed by atoms with Crippen LogP contribution >= 0.6 is 0 Å². The molecule has 4 nitrogen and oxygen atoms in total. The summed E-state index contributed by atoms with van der Waals surface area (Å²) < 4.78 is 7.63. The van der Waals surface area contributed by atoms with E-state index >= 15 is 0 Å². The molecule has 0 radical (unpaired) electrons. The molecule has 1 heterocycles. The summed E-state index contributed by atoms with van der Waals surface area (Å²) in [7, 11) is 0. The molecule has 0 fully saturated rings. The van der Waals surface area contributed by atoms with Crippen LogP contribution in [0.4, 0.5) is 0 Å². The van der Waals surface area contributed by atoms with Gasteiger partial charge in [-0.15, -0.1) is 0 Å². The first kappa shape index (κ1) is 12.2. The van der Waals surface area contributed by atoms with Crippen molar-refractivity contribution >= 4 is 0 Å². The Morgan fingerprint density at radius 3 is 2.80 bits per heavy atom. The van der Waals surface area contributed by atoms with Crippen LogP contribution in [0.2, 0.25) is 0 Å². The molecule has 1 aromatic rings. The van der Waals surface area contributed by atoms with E-state index in [-0.39, 0.29) is 12.2 Å². The molecule has 0 spiro atoms. The van der Waals surface area contributed by atoms with Crippen molar-refractivity contribution in [3.05, 3.63) is 18.0 Å². The number of nitrogens with two attached hydrogens (primary N) is 1. The van der Waals surface area contributed by atoms with Crippen LogP contribution in [0.15, 0.2) is 12.4 Å². The van der Waals surface area contributed by atoms with Gasteiger partial charge in [0.05, 0.1) is 18.4 Å². The second-order valence-electron chi connectivity index (χ2n) is 3.95. The summed E-state index contributed by atoms with van der Waals surface area (Å²) >= 11 is 0. The summed E-state index contributed by atoms with van der Waals surface area (Å²) in [6, 6.07) is 0. The molecule has 0 aliphatic carbocycles. The van der Waals surface area contributed by atoms with Crippen LogP contribution in [-0.4, -0.2) is 22.4 Å². The number of ether oxygens (including phenoxy) is 1. The highest BCUT2D eigenvalue weighted by atomic mass is 16.5. The second kappa shape index (κ2) is 5.88. The van der Waals surface area contributed by atoms with Crippen LogP contribution in [0.5, 0.6) is 0 Å². The highest BCUT2D eigenvalue weighted by Gasteiger charge is 2.13. The van der Waals surface area contributed by atoms with Gasteiger partial charge in [-0.1, -0.05) is 6.92 Å². The van der Waals surface area contributed by atoms with Gasteiger partial charge in [0.15, 0.2) is 0 Å². The zero-order valence-corrected chi connectivity index (χ0v) is 9.81. The zero-order chi connectivity index (χ0) is 11.3. The quantitative estimate of drug-likeness (QED) is 0.779. The fourth-order valence-electron chi connectivity index (χ4n) is 1.50. The zero-order valence-electron chi connectivity index (χ0n) is 9.81. The second-order valence-corrected chi connectivity index (χ2v) is 3.95. The Labute approximate surface area is 91.4 Å². The van der Waals surface area contributed by atoms with Crippen molar-refractivity contribution in [3.63, 3.8) is 0 Å². The Balaban J connectivity index is 2.65. The first-order valence-electron chi connectivity index (χ1n) is 5.55. The molecule has 1 atom stereocenters. The van der Waals surface area contributed by atoms with Gasteiger partial charge in [-0.2, -0.15) is 5.10 Å². The molecule has 0 amide bonds. The lowest BCUT2D eigenvalue weighted by atomic mass is 10.2. The van der Waals surface area contributed by atoms with Crippen molar-refractivity contribution in [3.8, 4) is 0 Å². The monoisotopic (exact) mass is 211 g/mol. The van der Waals surface area contributed by atoms with Gasteiger partial charge in [-0.25, -0.2) is 0 Å². The molecule has 86 valence electrons. The standard InChI is InChI=1S/C11H21N3O/c1-4-5-14-8-10(7-13-14)11(6-12)15-9(2)3/h7-9,11H,4-6,12H2,1-3H3. The highest BCUT2D eigenvalue weighted by molar-refractivity contribution is 5.08. The largest absolute Gasteiger partial charge is 0.369 e. The van der Waals surface area contributed by atoms with Crippen molar-refractivity contribution in [1.29, 1.82) is 0 Å². The van der Waals surface area contributed by atoms with Crippen molar-refractivity contribution in [2.75, 3.05) is 6.54 Å². The number of rotatable bonds is 6. The lowest BCUT2D eigenvalue weighted by molar-refractivity contribution is 0.0119. The predicted octanol–water partition coefficient (Wildman–Crippen LogP) is 1.72. The Hall–Kier alpha value is -0.870. The van der Waals surface area contributed by atoms with Gasteiger partial charge < -0.3 is 10.5 Å². The average Bonchev–Trinajstić information content (AvgIpc) is 2.63. The summed E-state index contributed by atoms with van der Waals surface area (Å²) in [5.74, 6) is 0. The maximum Gasteiger partial charge on any atom is 0.0980 e. The molecular weight excluding hydrogens is 190 g/mol. The van der Waals surface area contributed by atoms with E-state index in [1.165, 1.54) is 0 Å². The van der Waals surface area contributed by atoms with E-state index in [1.807, 2.05) is 30.9 Å². The molecule has 4 heteroatoms. The van der Waals surface area contributed by atoms with Crippen LogP contribution < -0.4 is 5.73 Å². The number of aryl methyl sites for hydroxylation is 1. The SMILES string of the molecule is CCCn1cc(C(CN)OC(C)C)cn1. The topological polar surface area (TPSA) is 53.1 Å². The molecule has 15 heavy (non-hydrogen) atoms. The van der Waals surface area contributed by atoms with Gasteiger partial charge in [-0.05, 0) is 20.3 Å². The normalized spacial score (nSPS) is 13.4. The van der Waals surface area contributed by atoms with Gasteiger partial charge in [0, 0.05) is 24.8 Å². The van der Waals surface area contributed by atoms with Crippen LogP contribution in [0.1, 0.15) is 38.9 Å². The van der Waals surface area contributed by atoms with Crippen molar-refractivity contribution < 1.29 is 4.74 Å². The molecule has 2 N–H and O–H groups in total. The minimum atomic E-state index is -0.0318. The van der Waals surface area contributed by atoms with Crippen molar-refractivity contribution in [2.24, 2.45) is 5.73 Å². The summed E-state index contributed by atoms with van der Waals surface area (Å²) in [6.45, 7) is 7.60. The molecule has 0 saturated carbocycles. The fourth-order valence-corrected chi connectivity index (χ4v) is 1.50. The van der Waals surface area contributed by atoms with E-state index in [9.17, 15) is 0 Å². The molecular formula is C11H21N3O. The third-order valence-corrected chi connectivity index (χ3v) is 2.13. The van der Waals surface area contributed by atoms with E-state index in [0.717, 1.165) is 18.5 Å². The maximum atomic E-state index is 5.70. The van der Waals surface area contributed by atoms with Crippen LogP contribution in [-0.2, 0) is 11.3 Å². The lowest BCUT2D eigenvalue weighted by Gasteiger charge is -2.17. The van der Waals surface area contributed by atoms with E-state index < -0.39 is 0 Å². The third kappa shape index (κ3) is 3.64. The van der Waals surface area contributed by atoms with Crippen molar-refractivity contribution in [2.45, 2.75) is 45.9 Å². The van der Waals surface area contributed by atoms with Crippen LogP contribution in [0.3, 0.4) is 0 Å². The number of hydrogen-bond acceptors (Lipinski definition) is 3. The Kier molecular flexibility index (Phi) is 4.78. The summed E-state index contributed by atoms with van der Waals surface area (Å²) in [5.41, 5.74) is 6.74. The molecule has 1 rings (SSSR count). The lowest BCUT2D eigenvalue weighted by Crippen LogP contribution is -2.18. The number of nitrogens with zero attached hydrogens (tertiary/aromatic N) is 2. The summed E-state index contributed by atoms with van der Waals surface area (Å²) in [5, 5.41) is 4.26. The van der Waals surface area contributed by atoms with Crippen LogP contribution in [0.25, 0.3) is 0 Å². The Morgan fingerprint density at radius 1 is 1.53 bits per heavy atom. The maximum absolute atomic E-state index is 5.70. The number of aromatic nitrogens is 2. The molecule has 1 aromatic heterocycles. The first-order valence-corrected chi connectivity index (χ1v) is 5.55. The van der Waals surface area contributed by atoms with E-state index in [1.54, 1.807) is 0 Å². The van der Waals surface area contributed by atoms with Gasteiger partial charge in [0.25, 0.3) is 0 Å². The summed E-state index contributed by atoms with van der Waals surface area (Å²) in [4.78, 5) is 0. The number of hydrogen-bond donors (Lipinski definition) is 1. The molecule has 1 unspecified atom stereocenters. The Morgan fingerprint density at radius 2 is 2.27 bits per heavy atom. The van der Waals surface area contributed by atoms with Gasteiger partial charge >= 0.3 is 0 Å². The molecule has 0 bridgehead atoms. The van der Waals surface area contributed by atoms with Crippen LogP contribution in [0, 0.1) is 0 Å². The van der Waals surface area contributed by atoms with E-state index in [0.29, 0.717) is 6.54 Å². The molecule has 0 aromatic carbocycles. The smallest absolute Gasteiger partial charge is 0.0980 e. The summed E-state index contributed by atoms with van der Waals surface area (Å²) in [6.07, 6.45) is 5.10. The predicted molar refractivity (Wildman–Crippen MR) is 60.5 cm³/mol. The Bertz CT molecular complexity index is 283. The highest BCUT2D eigenvalue weighted by Crippen LogP contribution is 2.17. The van der Waals surface area contributed by atoms with Gasteiger partial charge in [0.1, 0.15) is 0 Å². The first-order chi connectivity index (χ1) is 7.17. The molecule has 0 aliphatic rings. The molecule has 0 aliphatic heterocycles. The fraction of sp³-hybridized carbons (Fsp3) is 0.727. The minimum absolute atomic E-state index is 0.0318. The third-order valence-electron chi connectivity index (χ3n) is 2.13. The van der Waals surface area contributed by atoms with Gasteiger partial charge in [0.2, 0.25) is 0 Å². The average molecular weight is 211 g/mol. The van der Waals surface area contributed by atoms with Crippen molar-refractivity contribution in [1.82, 2.24) is 9.78 Å². The van der Waals surface area contributed by atoms with E-state index in [2.05, 4.69) is 12.0 Å². The van der Waals surface area contributed by atoms with Gasteiger partial charge in [-0.3, -0.25) is 4.68 Å². The minimum Gasteiger partial charge on any atom is -0.369 e. The molecule has 0 saturated heterocycles. The van der Waals surface area contributed by atoms with E-state index in [4.69, 9.17) is 10.5 Å².